The number of sulfonamides is 1. The highest BCUT2D eigenvalue weighted by Gasteiger charge is 2.17. The summed E-state index contributed by atoms with van der Waals surface area (Å²) in [6.45, 7) is 7.41. The SMILES string of the molecule is Cc1ccc(NS(=O)(=O)c2ccc(C(=O)OCC(=O)Nc3c(C)cccc3C(C)C)cc2)cc1. The molecule has 0 heterocycles. The molecule has 1 amide bonds. The van der Waals surface area contributed by atoms with E-state index in [-0.39, 0.29) is 16.4 Å². The molecule has 0 atom stereocenters. The van der Waals surface area contributed by atoms with E-state index in [0.29, 0.717) is 11.4 Å². The minimum absolute atomic E-state index is 0.00290. The Labute approximate surface area is 200 Å². The molecule has 0 fully saturated rings. The molecular formula is C26H28N2O5S. The van der Waals surface area contributed by atoms with Crippen molar-refractivity contribution in [2.75, 3.05) is 16.6 Å². The van der Waals surface area contributed by atoms with Gasteiger partial charge in [0, 0.05) is 11.4 Å². The van der Waals surface area contributed by atoms with Gasteiger partial charge < -0.3 is 10.1 Å². The van der Waals surface area contributed by atoms with Crippen molar-refractivity contribution in [3.8, 4) is 0 Å². The molecule has 7 nitrogen and oxygen atoms in total. The molecule has 8 heteroatoms. The van der Waals surface area contributed by atoms with E-state index in [0.717, 1.165) is 16.7 Å². The van der Waals surface area contributed by atoms with Crippen molar-refractivity contribution in [2.24, 2.45) is 0 Å². The van der Waals surface area contributed by atoms with Gasteiger partial charge in [-0.3, -0.25) is 9.52 Å². The number of rotatable bonds is 8. The Bertz CT molecular complexity index is 1280. The van der Waals surface area contributed by atoms with Crippen LogP contribution in [0.5, 0.6) is 0 Å². The van der Waals surface area contributed by atoms with Gasteiger partial charge in [-0.15, -0.1) is 0 Å². The number of esters is 1. The smallest absolute Gasteiger partial charge is 0.338 e. The zero-order valence-electron chi connectivity index (χ0n) is 19.6. The van der Waals surface area contributed by atoms with Crippen molar-refractivity contribution >= 4 is 33.3 Å². The Morgan fingerprint density at radius 3 is 2.18 bits per heavy atom. The number of carbonyl (C=O) groups is 2. The molecule has 0 aromatic heterocycles. The first-order valence-electron chi connectivity index (χ1n) is 10.8. The molecule has 0 saturated heterocycles. The van der Waals surface area contributed by atoms with Crippen LogP contribution in [0.1, 0.15) is 46.8 Å². The standard InChI is InChI=1S/C26H28N2O5S/c1-17(2)23-7-5-6-19(4)25(23)27-24(29)16-33-26(30)20-10-14-22(15-11-20)34(31,32)28-21-12-8-18(3)9-13-21/h5-15,17,28H,16H2,1-4H3,(H,27,29). The number of hydrogen-bond acceptors (Lipinski definition) is 5. The normalized spacial score (nSPS) is 11.2. The number of para-hydroxylation sites is 1. The summed E-state index contributed by atoms with van der Waals surface area (Å²) in [7, 11) is -3.81. The zero-order chi connectivity index (χ0) is 24.9. The van der Waals surface area contributed by atoms with Gasteiger partial charge >= 0.3 is 5.97 Å². The lowest BCUT2D eigenvalue weighted by atomic mass is 9.98. The highest BCUT2D eigenvalue weighted by molar-refractivity contribution is 7.92. The molecule has 0 spiro atoms. The van der Waals surface area contributed by atoms with E-state index in [9.17, 15) is 18.0 Å². The summed E-state index contributed by atoms with van der Waals surface area (Å²) in [6, 6.07) is 18.1. The largest absolute Gasteiger partial charge is 0.452 e. The molecule has 0 unspecified atom stereocenters. The second kappa shape index (κ2) is 10.5. The van der Waals surface area contributed by atoms with Crippen LogP contribution in [0.3, 0.4) is 0 Å². The van der Waals surface area contributed by atoms with Gasteiger partial charge in [0.2, 0.25) is 0 Å². The van der Waals surface area contributed by atoms with E-state index in [1.54, 1.807) is 24.3 Å². The van der Waals surface area contributed by atoms with Gasteiger partial charge in [-0.2, -0.15) is 0 Å². The van der Waals surface area contributed by atoms with Crippen molar-refractivity contribution in [1.29, 1.82) is 0 Å². The number of benzene rings is 3. The van der Waals surface area contributed by atoms with Crippen molar-refractivity contribution in [1.82, 2.24) is 0 Å². The molecule has 0 aliphatic rings. The molecule has 3 rings (SSSR count). The molecule has 0 aliphatic carbocycles. The molecular weight excluding hydrogens is 452 g/mol. The average molecular weight is 481 g/mol. The molecule has 0 saturated carbocycles. The van der Waals surface area contributed by atoms with Crippen molar-refractivity contribution in [2.45, 2.75) is 38.5 Å². The molecule has 3 aromatic rings. The topological polar surface area (TPSA) is 102 Å². The van der Waals surface area contributed by atoms with Gasteiger partial charge in [-0.1, -0.05) is 49.7 Å². The summed E-state index contributed by atoms with van der Waals surface area (Å²) in [6.07, 6.45) is 0. The quantitative estimate of drug-likeness (QED) is 0.441. The maximum Gasteiger partial charge on any atom is 0.338 e. The predicted octanol–water partition coefficient (Wildman–Crippen LogP) is 5.02. The first kappa shape index (κ1) is 25.0. The summed E-state index contributed by atoms with van der Waals surface area (Å²) in [5.41, 5.74) is 4.22. The monoisotopic (exact) mass is 480 g/mol. The minimum atomic E-state index is -3.81. The third kappa shape index (κ3) is 6.23. The molecule has 2 N–H and O–H groups in total. The van der Waals surface area contributed by atoms with Crippen LogP contribution in [0.25, 0.3) is 0 Å². The van der Waals surface area contributed by atoms with E-state index >= 15 is 0 Å². The maximum absolute atomic E-state index is 12.6. The van der Waals surface area contributed by atoms with Crippen LogP contribution in [-0.4, -0.2) is 26.9 Å². The Hall–Kier alpha value is -3.65. The van der Waals surface area contributed by atoms with E-state index < -0.39 is 28.5 Å². The third-order valence-electron chi connectivity index (χ3n) is 5.23. The lowest BCUT2D eigenvalue weighted by molar-refractivity contribution is -0.119. The van der Waals surface area contributed by atoms with E-state index in [4.69, 9.17) is 4.74 Å². The van der Waals surface area contributed by atoms with Crippen LogP contribution >= 0.6 is 0 Å². The van der Waals surface area contributed by atoms with Crippen LogP contribution in [0.15, 0.2) is 71.6 Å². The van der Waals surface area contributed by atoms with Crippen molar-refractivity contribution in [3.63, 3.8) is 0 Å². The van der Waals surface area contributed by atoms with Crippen LogP contribution in [0.4, 0.5) is 11.4 Å². The van der Waals surface area contributed by atoms with Crippen molar-refractivity contribution in [3.05, 3.63) is 89.0 Å². The average Bonchev–Trinajstić information content (AvgIpc) is 2.80. The fraction of sp³-hybridized carbons (Fsp3) is 0.231. The summed E-state index contributed by atoms with van der Waals surface area (Å²) < 4.78 is 32.8. The lowest BCUT2D eigenvalue weighted by Crippen LogP contribution is -2.22. The van der Waals surface area contributed by atoms with Gasteiger partial charge in [0.05, 0.1) is 10.5 Å². The highest BCUT2D eigenvalue weighted by Crippen LogP contribution is 2.27. The molecule has 178 valence electrons. The summed E-state index contributed by atoms with van der Waals surface area (Å²) >= 11 is 0. The molecule has 0 aliphatic heterocycles. The number of anilines is 2. The van der Waals surface area contributed by atoms with Crippen LogP contribution in [-0.2, 0) is 19.6 Å². The summed E-state index contributed by atoms with van der Waals surface area (Å²) in [5, 5.41) is 2.82. The first-order chi connectivity index (χ1) is 16.1. The summed E-state index contributed by atoms with van der Waals surface area (Å²) in [5.74, 6) is -0.960. The number of amides is 1. The number of aryl methyl sites for hydroxylation is 2. The Morgan fingerprint density at radius 1 is 0.912 bits per heavy atom. The second-order valence-electron chi connectivity index (χ2n) is 8.31. The molecule has 0 radical (unpaired) electrons. The highest BCUT2D eigenvalue weighted by atomic mass is 32.2. The fourth-order valence-corrected chi connectivity index (χ4v) is 4.40. The second-order valence-corrected chi connectivity index (χ2v) is 10.00. The molecule has 34 heavy (non-hydrogen) atoms. The van der Waals surface area contributed by atoms with E-state index in [1.165, 1.54) is 24.3 Å². The van der Waals surface area contributed by atoms with Crippen molar-refractivity contribution < 1.29 is 22.7 Å². The van der Waals surface area contributed by atoms with Gasteiger partial charge in [0.25, 0.3) is 15.9 Å². The van der Waals surface area contributed by atoms with E-state index in [2.05, 4.69) is 10.0 Å². The Kier molecular flexibility index (Phi) is 7.73. The fourth-order valence-electron chi connectivity index (χ4n) is 3.34. The summed E-state index contributed by atoms with van der Waals surface area (Å²) in [4.78, 5) is 24.7. The zero-order valence-corrected chi connectivity index (χ0v) is 20.4. The van der Waals surface area contributed by atoms with Crippen LogP contribution < -0.4 is 10.0 Å². The maximum atomic E-state index is 12.6. The van der Waals surface area contributed by atoms with E-state index in [1.807, 2.05) is 45.9 Å². The van der Waals surface area contributed by atoms with Gasteiger partial charge in [-0.05, 0) is 67.3 Å². The predicted molar refractivity (Wildman–Crippen MR) is 133 cm³/mol. The Morgan fingerprint density at radius 2 is 1.56 bits per heavy atom. The lowest BCUT2D eigenvalue weighted by Gasteiger charge is -2.16. The number of ether oxygens (including phenoxy) is 1. The van der Waals surface area contributed by atoms with Crippen LogP contribution in [0.2, 0.25) is 0 Å². The molecule has 0 bridgehead atoms. The van der Waals surface area contributed by atoms with Gasteiger partial charge in [0.15, 0.2) is 6.61 Å². The number of nitrogens with one attached hydrogen (secondary N) is 2. The third-order valence-corrected chi connectivity index (χ3v) is 6.63. The Balaban J connectivity index is 1.61. The first-order valence-corrected chi connectivity index (χ1v) is 12.3. The number of carbonyl (C=O) groups excluding carboxylic acids is 2. The van der Waals surface area contributed by atoms with Gasteiger partial charge in [-0.25, -0.2) is 13.2 Å². The molecule has 3 aromatic carbocycles. The van der Waals surface area contributed by atoms with Crippen LogP contribution in [0, 0.1) is 13.8 Å². The van der Waals surface area contributed by atoms with Gasteiger partial charge in [0.1, 0.15) is 0 Å². The number of hydrogen-bond donors (Lipinski definition) is 2. The minimum Gasteiger partial charge on any atom is -0.452 e.